The zero-order valence-corrected chi connectivity index (χ0v) is 12.0. The van der Waals surface area contributed by atoms with Gasteiger partial charge in [0, 0.05) is 17.7 Å². The van der Waals surface area contributed by atoms with Crippen molar-refractivity contribution in [1.29, 1.82) is 0 Å². The van der Waals surface area contributed by atoms with Crippen LogP contribution in [-0.4, -0.2) is 10.3 Å². The van der Waals surface area contributed by atoms with Crippen LogP contribution in [0.4, 0.5) is 0 Å². The van der Waals surface area contributed by atoms with Gasteiger partial charge in [0.15, 0.2) is 0 Å². The van der Waals surface area contributed by atoms with E-state index in [4.69, 9.17) is 0 Å². The third-order valence-electron chi connectivity index (χ3n) is 3.70. The molecule has 0 spiro atoms. The number of aryl methyl sites for hydroxylation is 1. The van der Waals surface area contributed by atoms with Gasteiger partial charge in [0.2, 0.25) is 0 Å². The van der Waals surface area contributed by atoms with Crippen LogP contribution in [0.3, 0.4) is 0 Å². The van der Waals surface area contributed by atoms with Crippen LogP contribution in [0.1, 0.15) is 43.2 Å². The molecule has 0 atom stereocenters. The minimum atomic E-state index is 0.780. The van der Waals surface area contributed by atoms with Crippen molar-refractivity contribution in [1.82, 2.24) is 4.98 Å². The molecule has 0 aromatic carbocycles. The summed E-state index contributed by atoms with van der Waals surface area (Å²) in [5.41, 5.74) is 4.13. The van der Waals surface area contributed by atoms with Gasteiger partial charge >= 0.3 is 0 Å². The van der Waals surface area contributed by atoms with Gasteiger partial charge in [0.25, 0.3) is 0 Å². The molecule has 1 aliphatic carbocycles. The van der Waals surface area contributed by atoms with E-state index in [-0.39, 0.29) is 0 Å². The molecule has 17 heavy (non-hydrogen) atoms. The number of aromatic nitrogens is 1. The van der Waals surface area contributed by atoms with E-state index in [0.717, 1.165) is 11.2 Å². The summed E-state index contributed by atoms with van der Waals surface area (Å²) >= 11 is 3.64. The van der Waals surface area contributed by atoms with Crippen LogP contribution >= 0.6 is 15.9 Å². The quantitative estimate of drug-likeness (QED) is 0.733. The minimum absolute atomic E-state index is 0.780. The van der Waals surface area contributed by atoms with E-state index in [9.17, 15) is 0 Å². The first-order valence-corrected chi connectivity index (χ1v) is 7.60. The largest absolute Gasteiger partial charge is 0.264 e. The van der Waals surface area contributed by atoms with Gasteiger partial charge in [-0.2, -0.15) is 0 Å². The molecule has 0 saturated heterocycles. The Bertz CT molecular complexity index is 392. The Labute approximate surface area is 112 Å². The van der Waals surface area contributed by atoms with Crippen LogP contribution in [0.25, 0.3) is 6.08 Å². The molecular weight excluding hydrogens is 274 g/mol. The summed E-state index contributed by atoms with van der Waals surface area (Å²) < 4.78 is 0. The molecular formula is C15H20BrN. The van der Waals surface area contributed by atoms with Crippen molar-refractivity contribution >= 4 is 22.0 Å². The normalized spacial score (nSPS) is 18.4. The zero-order valence-electron chi connectivity index (χ0n) is 10.5. The van der Waals surface area contributed by atoms with E-state index < -0.39 is 0 Å². The highest BCUT2D eigenvalue weighted by Crippen LogP contribution is 2.31. The van der Waals surface area contributed by atoms with E-state index in [1.54, 1.807) is 5.57 Å². The highest BCUT2D eigenvalue weighted by molar-refractivity contribution is 9.09. The van der Waals surface area contributed by atoms with Crippen LogP contribution in [0.5, 0.6) is 0 Å². The molecule has 1 aromatic heterocycles. The molecule has 0 aliphatic heterocycles. The molecule has 0 bridgehead atoms. The first-order valence-electron chi connectivity index (χ1n) is 6.48. The molecule has 1 saturated carbocycles. The van der Waals surface area contributed by atoms with Crippen molar-refractivity contribution in [2.75, 3.05) is 5.33 Å². The highest BCUT2D eigenvalue weighted by atomic mass is 79.9. The van der Waals surface area contributed by atoms with Gasteiger partial charge in [-0.25, -0.2) is 0 Å². The fraction of sp³-hybridized carbons (Fsp3) is 0.533. The Hall–Kier alpha value is -0.630. The molecule has 1 aromatic rings. The summed E-state index contributed by atoms with van der Waals surface area (Å²) in [4.78, 5) is 4.22. The van der Waals surface area contributed by atoms with Crippen molar-refractivity contribution in [2.45, 2.75) is 39.0 Å². The summed E-state index contributed by atoms with van der Waals surface area (Å²) in [5, 5.41) is 0.992. The molecule has 1 nitrogen and oxygen atoms in total. The van der Waals surface area contributed by atoms with Gasteiger partial charge in [-0.05, 0) is 42.9 Å². The molecule has 0 amide bonds. The molecule has 0 N–H and O–H groups in total. The number of hydrogen-bond acceptors (Lipinski definition) is 1. The Morgan fingerprint density at radius 1 is 1.41 bits per heavy atom. The number of nitrogens with zero attached hydrogens (tertiary/aromatic N) is 1. The number of pyridine rings is 1. The Balaban J connectivity index is 2.19. The van der Waals surface area contributed by atoms with Crippen LogP contribution in [0.2, 0.25) is 0 Å². The van der Waals surface area contributed by atoms with E-state index >= 15 is 0 Å². The summed E-state index contributed by atoms with van der Waals surface area (Å²) in [5.74, 6) is 0.780. The molecule has 1 fully saturated rings. The Morgan fingerprint density at radius 3 is 2.82 bits per heavy atom. The fourth-order valence-electron chi connectivity index (χ4n) is 2.57. The van der Waals surface area contributed by atoms with Crippen LogP contribution in [0.15, 0.2) is 24.0 Å². The molecule has 92 valence electrons. The van der Waals surface area contributed by atoms with Gasteiger partial charge in [0.05, 0.1) is 0 Å². The van der Waals surface area contributed by atoms with Crippen molar-refractivity contribution < 1.29 is 0 Å². The predicted molar refractivity (Wildman–Crippen MR) is 77.3 cm³/mol. The third kappa shape index (κ3) is 3.41. The van der Waals surface area contributed by atoms with Crippen LogP contribution < -0.4 is 0 Å². The molecule has 2 heteroatoms. The maximum atomic E-state index is 4.22. The van der Waals surface area contributed by atoms with Gasteiger partial charge in [0.1, 0.15) is 0 Å². The van der Waals surface area contributed by atoms with Crippen molar-refractivity contribution in [3.05, 3.63) is 35.2 Å². The van der Waals surface area contributed by atoms with Gasteiger partial charge in [-0.15, -0.1) is 0 Å². The van der Waals surface area contributed by atoms with Crippen LogP contribution in [0, 0.1) is 12.8 Å². The molecule has 0 radical (unpaired) electrons. The third-order valence-corrected chi connectivity index (χ3v) is 4.35. The number of rotatable bonds is 3. The average Bonchev–Trinajstić information content (AvgIpc) is 2.39. The lowest BCUT2D eigenvalue weighted by atomic mass is 9.83. The highest BCUT2D eigenvalue weighted by Gasteiger charge is 2.17. The second-order valence-electron chi connectivity index (χ2n) is 4.92. The van der Waals surface area contributed by atoms with Crippen LogP contribution in [-0.2, 0) is 0 Å². The summed E-state index contributed by atoms with van der Waals surface area (Å²) in [7, 11) is 0. The van der Waals surface area contributed by atoms with Gasteiger partial charge < -0.3 is 0 Å². The maximum absolute atomic E-state index is 4.22. The molecule has 0 unspecified atom stereocenters. The Morgan fingerprint density at radius 2 is 2.18 bits per heavy atom. The summed E-state index contributed by atoms with van der Waals surface area (Å²) in [6.45, 7) is 2.15. The number of hydrogen-bond donors (Lipinski definition) is 0. The standard InChI is InChI=1S/C15H20BrN/c1-12-7-8-17-11-15(12)9-14(10-16)13-5-3-2-4-6-13/h7-9,11,13H,2-6,10H2,1H3/b14-9-. The second kappa shape index (κ2) is 6.34. The molecule has 1 heterocycles. The lowest BCUT2D eigenvalue weighted by molar-refractivity contribution is 0.405. The minimum Gasteiger partial charge on any atom is -0.264 e. The average molecular weight is 294 g/mol. The number of alkyl halides is 1. The monoisotopic (exact) mass is 293 g/mol. The summed E-state index contributed by atoms with van der Waals surface area (Å²) in [6, 6.07) is 2.08. The topological polar surface area (TPSA) is 12.9 Å². The van der Waals surface area contributed by atoms with E-state index in [2.05, 4.69) is 40.0 Å². The Kier molecular flexibility index (Phi) is 4.78. The lowest BCUT2D eigenvalue weighted by Gasteiger charge is -2.23. The lowest BCUT2D eigenvalue weighted by Crippen LogP contribution is -2.10. The van der Waals surface area contributed by atoms with E-state index in [0.29, 0.717) is 0 Å². The van der Waals surface area contributed by atoms with E-state index in [1.807, 2.05) is 12.4 Å². The summed E-state index contributed by atoms with van der Waals surface area (Å²) in [6.07, 6.45) is 13.1. The van der Waals surface area contributed by atoms with E-state index in [1.165, 1.54) is 43.2 Å². The van der Waals surface area contributed by atoms with Crippen molar-refractivity contribution in [2.24, 2.45) is 5.92 Å². The SMILES string of the molecule is Cc1ccncc1/C=C(/CBr)C1CCCCC1. The number of allylic oxidation sites excluding steroid dienone is 1. The first kappa shape index (κ1) is 12.8. The first-order chi connectivity index (χ1) is 8.31. The molecule has 1 aliphatic rings. The van der Waals surface area contributed by atoms with Crippen molar-refractivity contribution in [3.63, 3.8) is 0 Å². The smallest absolute Gasteiger partial charge is 0.0342 e. The second-order valence-corrected chi connectivity index (χ2v) is 5.48. The predicted octanol–water partition coefficient (Wildman–Crippen LogP) is 4.75. The maximum Gasteiger partial charge on any atom is 0.0342 e. The van der Waals surface area contributed by atoms with Crippen molar-refractivity contribution in [3.8, 4) is 0 Å². The van der Waals surface area contributed by atoms with Gasteiger partial charge in [-0.1, -0.05) is 46.8 Å². The molecule has 2 rings (SSSR count). The van der Waals surface area contributed by atoms with Gasteiger partial charge in [-0.3, -0.25) is 4.98 Å². The number of halogens is 1. The zero-order chi connectivity index (χ0) is 12.1. The fourth-order valence-corrected chi connectivity index (χ4v) is 3.19.